The summed E-state index contributed by atoms with van der Waals surface area (Å²) in [6.07, 6.45) is 4.16. The fourth-order valence-corrected chi connectivity index (χ4v) is 4.38. The molecule has 0 spiro atoms. The molecule has 0 aliphatic heterocycles. The first-order valence-electron chi connectivity index (χ1n) is 7.96. The molecule has 8 heteroatoms. The van der Waals surface area contributed by atoms with Gasteiger partial charge in [0.25, 0.3) is 0 Å². The summed E-state index contributed by atoms with van der Waals surface area (Å²) in [4.78, 5) is 12.5. The van der Waals surface area contributed by atoms with E-state index in [0.717, 1.165) is 38.5 Å². The van der Waals surface area contributed by atoms with Crippen molar-refractivity contribution >= 4 is 55.2 Å². The number of thioether (sulfide) groups is 1. The molecular weight excluding hydrogens is 468 g/mol. The molecule has 1 N–H and O–H groups in total. The van der Waals surface area contributed by atoms with Gasteiger partial charge in [0.05, 0.1) is 10.9 Å². The Labute approximate surface area is 167 Å². The number of nitrogens with one attached hydrogen (secondary N) is 1. The maximum absolute atomic E-state index is 12.5. The number of benzene rings is 1. The van der Waals surface area contributed by atoms with Gasteiger partial charge in [-0.15, -0.1) is 16.8 Å². The van der Waals surface area contributed by atoms with Crippen LogP contribution in [0, 0.1) is 0 Å². The number of carbonyl (C=O) groups is 1. The second-order valence-corrected chi connectivity index (χ2v) is 8.97. The van der Waals surface area contributed by atoms with E-state index in [2.05, 4.69) is 58.5 Å². The van der Waals surface area contributed by atoms with E-state index in [4.69, 9.17) is 0 Å². The van der Waals surface area contributed by atoms with Crippen molar-refractivity contribution in [3.63, 3.8) is 0 Å². The quantitative estimate of drug-likeness (QED) is 0.443. The largest absolute Gasteiger partial charge is 0.324 e. The van der Waals surface area contributed by atoms with Gasteiger partial charge in [-0.2, -0.15) is 0 Å². The van der Waals surface area contributed by atoms with Crippen LogP contribution in [0.25, 0.3) is 0 Å². The zero-order chi connectivity index (χ0) is 18.0. The summed E-state index contributed by atoms with van der Waals surface area (Å²) in [5.41, 5.74) is 0.742. The van der Waals surface area contributed by atoms with Crippen LogP contribution in [-0.2, 0) is 11.3 Å². The topological polar surface area (TPSA) is 59.8 Å². The molecule has 1 unspecified atom stereocenters. The van der Waals surface area contributed by atoms with Crippen LogP contribution in [-0.4, -0.2) is 25.9 Å². The number of hydrogen-bond donors (Lipinski definition) is 1. The van der Waals surface area contributed by atoms with Gasteiger partial charge in [0, 0.05) is 21.4 Å². The van der Waals surface area contributed by atoms with Gasteiger partial charge >= 0.3 is 0 Å². The van der Waals surface area contributed by atoms with Crippen LogP contribution in [0.3, 0.4) is 0 Å². The molecule has 1 aliphatic carbocycles. The van der Waals surface area contributed by atoms with Crippen LogP contribution in [0.1, 0.15) is 31.5 Å². The number of hydrogen-bond acceptors (Lipinski definition) is 4. The van der Waals surface area contributed by atoms with Crippen molar-refractivity contribution in [2.75, 3.05) is 5.32 Å². The van der Waals surface area contributed by atoms with E-state index in [1.165, 1.54) is 11.8 Å². The number of carbonyl (C=O) groups excluding carboxylic acids is 1. The van der Waals surface area contributed by atoms with Crippen LogP contribution in [0.5, 0.6) is 0 Å². The molecule has 1 saturated carbocycles. The van der Waals surface area contributed by atoms with Gasteiger partial charge in [-0.1, -0.05) is 33.8 Å². The summed E-state index contributed by atoms with van der Waals surface area (Å²) in [6.45, 7) is 6.34. The molecule has 1 aliphatic rings. The van der Waals surface area contributed by atoms with E-state index in [9.17, 15) is 4.79 Å². The fraction of sp³-hybridized carbons (Fsp3) is 0.353. The van der Waals surface area contributed by atoms with Crippen LogP contribution in [0.4, 0.5) is 5.69 Å². The van der Waals surface area contributed by atoms with Crippen molar-refractivity contribution in [1.82, 2.24) is 14.8 Å². The van der Waals surface area contributed by atoms with Crippen molar-refractivity contribution < 1.29 is 4.79 Å². The van der Waals surface area contributed by atoms with E-state index in [1.54, 1.807) is 0 Å². The Morgan fingerprint density at radius 2 is 2.24 bits per heavy atom. The van der Waals surface area contributed by atoms with Gasteiger partial charge < -0.3 is 9.88 Å². The normalized spacial score (nSPS) is 15.0. The molecule has 0 bridgehead atoms. The first-order valence-corrected chi connectivity index (χ1v) is 10.4. The van der Waals surface area contributed by atoms with E-state index < -0.39 is 0 Å². The second kappa shape index (κ2) is 8.05. The predicted molar refractivity (Wildman–Crippen MR) is 108 cm³/mol. The van der Waals surface area contributed by atoms with Gasteiger partial charge in [-0.05, 0) is 53.9 Å². The average molecular weight is 486 g/mol. The molecule has 25 heavy (non-hydrogen) atoms. The Hall–Kier alpha value is -1.12. The highest BCUT2D eigenvalue weighted by molar-refractivity contribution is 9.11. The second-order valence-electron chi connectivity index (χ2n) is 5.89. The molecule has 1 fully saturated rings. The van der Waals surface area contributed by atoms with Gasteiger partial charge in [-0.25, -0.2) is 0 Å². The smallest absolute Gasteiger partial charge is 0.237 e. The lowest BCUT2D eigenvalue weighted by molar-refractivity contribution is -0.115. The Morgan fingerprint density at radius 1 is 1.48 bits per heavy atom. The minimum Gasteiger partial charge on any atom is -0.324 e. The van der Waals surface area contributed by atoms with Crippen LogP contribution < -0.4 is 5.32 Å². The number of rotatable bonds is 7. The van der Waals surface area contributed by atoms with Crippen molar-refractivity contribution in [2.45, 2.75) is 42.6 Å². The van der Waals surface area contributed by atoms with Crippen LogP contribution in [0.2, 0.25) is 0 Å². The maximum atomic E-state index is 12.5. The van der Waals surface area contributed by atoms with Gasteiger partial charge in [0.1, 0.15) is 5.82 Å². The average Bonchev–Trinajstić information content (AvgIpc) is 3.34. The van der Waals surface area contributed by atoms with Crippen molar-refractivity contribution in [3.05, 3.63) is 45.6 Å². The third kappa shape index (κ3) is 4.54. The number of nitrogens with zero attached hydrogens (tertiary/aromatic N) is 3. The molecule has 0 saturated heterocycles. The standard InChI is InChI=1S/C17H18Br2N4OS/c1-3-8-23-15(11-4-5-11)21-22-17(23)25-10(2)16(24)20-14-7-6-12(18)9-13(14)19/h3,6-7,9-11H,1,4-5,8H2,2H3,(H,20,24). The lowest BCUT2D eigenvalue weighted by atomic mass is 10.3. The monoisotopic (exact) mass is 484 g/mol. The Balaban J connectivity index is 1.70. The summed E-state index contributed by atoms with van der Waals surface area (Å²) in [7, 11) is 0. The molecule has 5 nitrogen and oxygen atoms in total. The first-order chi connectivity index (χ1) is 12.0. The highest BCUT2D eigenvalue weighted by atomic mass is 79.9. The molecule has 1 aromatic heterocycles. The number of halogens is 2. The lowest BCUT2D eigenvalue weighted by Crippen LogP contribution is -2.23. The fourth-order valence-electron chi connectivity index (χ4n) is 2.37. The van der Waals surface area contributed by atoms with Crippen LogP contribution in [0.15, 0.2) is 45.0 Å². The molecule has 1 heterocycles. The Kier molecular flexibility index (Phi) is 6.01. The molecule has 2 aromatic rings. The SMILES string of the molecule is C=CCn1c(SC(C)C(=O)Nc2ccc(Br)cc2Br)nnc1C1CC1. The van der Waals surface area contributed by atoms with Gasteiger partial charge in [0.15, 0.2) is 5.16 Å². The molecule has 0 radical (unpaired) electrons. The molecule has 3 rings (SSSR count). The minimum absolute atomic E-state index is 0.0749. The number of allylic oxidation sites excluding steroid dienone is 1. The van der Waals surface area contributed by atoms with Crippen molar-refractivity contribution in [1.29, 1.82) is 0 Å². The maximum Gasteiger partial charge on any atom is 0.237 e. The highest BCUT2D eigenvalue weighted by Crippen LogP contribution is 2.40. The lowest BCUT2D eigenvalue weighted by Gasteiger charge is -2.13. The van der Waals surface area contributed by atoms with Gasteiger partial charge in [-0.3, -0.25) is 4.79 Å². The Bertz CT molecular complexity index is 804. The third-order valence-electron chi connectivity index (χ3n) is 3.84. The number of anilines is 1. The van der Waals surface area contributed by atoms with E-state index in [1.807, 2.05) is 31.2 Å². The van der Waals surface area contributed by atoms with Crippen molar-refractivity contribution in [2.24, 2.45) is 0 Å². The molecule has 1 amide bonds. The highest BCUT2D eigenvalue weighted by Gasteiger charge is 2.31. The van der Waals surface area contributed by atoms with Crippen molar-refractivity contribution in [3.8, 4) is 0 Å². The van der Waals surface area contributed by atoms with Gasteiger partial charge in [0.2, 0.25) is 5.91 Å². The number of amides is 1. The minimum atomic E-state index is -0.296. The summed E-state index contributed by atoms with van der Waals surface area (Å²) >= 11 is 8.28. The van der Waals surface area contributed by atoms with E-state index in [-0.39, 0.29) is 11.2 Å². The van der Waals surface area contributed by atoms with E-state index >= 15 is 0 Å². The first kappa shape index (κ1) is 18.7. The van der Waals surface area contributed by atoms with E-state index in [0.29, 0.717) is 12.5 Å². The summed E-state index contributed by atoms with van der Waals surface area (Å²) in [5.74, 6) is 1.43. The summed E-state index contributed by atoms with van der Waals surface area (Å²) < 4.78 is 3.84. The predicted octanol–water partition coefficient (Wildman–Crippen LogP) is 4.99. The summed E-state index contributed by atoms with van der Waals surface area (Å²) in [6, 6.07) is 5.64. The Morgan fingerprint density at radius 3 is 2.88 bits per heavy atom. The zero-order valence-corrected chi connectivity index (χ0v) is 17.7. The van der Waals surface area contributed by atoms with Crippen LogP contribution >= 0.6 is 43.6 Å². The summed E-state index contributed by atoms with van der Waals surface area (Å²) in [5, 5.41) is 12.0. The number of aromatic nitrogens is 3. The zero-order valence-electron chi connectivity index (χ0n) is 13.7. The molecule has 132 valence electrons. The molecule has 1 aromatic carbocycles. The molecular formula is C17H18Br2N4OS. The third-order valence-corrected chi connectivity index (χ3v) is 6.07. The molecule has 1 atom stereocenters.